The predicted molar refractivity (Wildman–Crippen MR) is 61.9 cm³/mol. The minimum absolute atomic E-state index is 0.179. The van der Waals surface area contributed by atoms with Gasteiger partial charge in [0.25, 0.3) is 0 Å². The number of para-hydroxylation sites is 1. The number of rotatable bonds is 0. The first-order chi connectivity index (χ1) is 6.58. The van der Waals surface area contributed by atoms with Crippen molar-refractivity contribution in [2.75, 3.05) is 18.5 Å². The largest absolute Gasteiger partial charge is 0.491 e. The predicted octanol–water partition coefficient (Wildman–Crippen LogP) is 3.28. The molecule has 2 rings (SSSR count). The third-order valence-electron chi connectivity index (χ3n) is 2.34. The number of ether oxygens (including phenoxy) is 1. The molecule has 0 radical (unpaired) electrons. The summed E-state index contributed by atoms with van der Waals surface area (Å²) < 4.78 is 6.81. The summed E-state index contributed by atoms with van der Waals surface area (Å²) in [4.78, 5) is 0. The van der Waals surface area contributed by atoms with Gasteiger partial charge in [0.05, 0.1) is 12.3 Å². The van der Waals surface area contributed by atoms with Gasteiger partial charge in [-0.15, -0.1) is 0 Å². The molecule has 0 aromatic heterocycles. The number of hydrogen-bond acceptors (Lipinski definition) is 2. The molecule has 0 saturated heterocycles. The fourth-order valence-electron chi connectivity index (χ4n) is 1.45. The van der Waals surface area contributed by atoms with Crippen LogP contribution < -0.4 is 10.1 Å². The van der Waals surface area contributed by atoms with Crippen molar-refractivity contribution in [3.05, 3.63) is 22.7 Å². The first kappa shape index (κ1) is 9.84. The van der Waals surface area contributed by atoms with E-state index in [4.69, 9.17) is 4.74 Å². The summed E-state index contributed by atoms with van der Waals surface area (Å²) in [6.07, 6.45) is 0. The molecular formula is C11H14BrNO. The SMILES string of the molecule is CC1(C)CNc2c(Br)cccc2OC1. The van der Waals surface area contributed by atoms with E-state index >= 15 is 0 Å². The van der Waals surface area contributed by atoms with Gasteiger partial charge in [-0.05, 0) is 28.1 Å². The molecule has 14 heavy (non-hydrogen) atoms. The Labute approximate surface area is 92.8 Å². The van der Waals surface area contributed by atoms with Crippen LogP contribution in [0.2, 0.25) is 0 Å². The highest BCUT2D eigenvalue weighted by Crippen LogP contribution is 2.36. The Morgan fingerprint density at radius 3 is 3.00 bits per heavy atom. The highest BCUT2D eigenvalue weighted by atomic mass is 79.9. The summed E-state index contributed by atoms with van der Waals surface area (Å²) in [5.41, 5.74) is 1.25. The summed E-state index contributed by atoms with van der Waals surface area (Å²) in [5, 5.41) is 3.41. The third-order valence-corrected chi connectivity index (χ3v) is 3.00. The van der Waals surface area contributed by atoms with Crippen LogP contribution in [-0.4, -0.2) is 13.2 Å². The van der Waals surface area contributed by atoms with E-state index < -0.39 is 0 Å². The van der Waals surface area contributed by atoms with Crippen LogP contribution in [0.25, 0.3) is 0 Å². The van der Waals surface area contributed by atoms with Gasteiger partial charge in [-0.25, -0.2) is 0 Å². The van der Waals surface area contributed by atoms with E-state index in [1.54, 1.807) is 0 Å². The number of benzene rings is 1. The van der Waals surface area contributed by atoms with Gasteiger partial charge in [0.1, 0.15) is 5.75 Å². The van der Waals surface area contributed by atoms with Crippen molar-refractivity contribution in [1.29, 1.82) is 0 Å². The number of fused-ring (bicyclic) bond motifs is 1. The molecule has 0 fully saturated rings. The lowest BCUT2D eigenvalue weighted by Crippen LogP contribution is -2.27. The van der Waals surface area contributed by atoms with E-state index in [1.165, 1.54) is 0 Å². The van der Waals surface area contributed by atoms with Gasteiger partial charge in [0.2, 0.25) is 0 Å². The molecule has 0 aliphatic carbocycles. The van der Waals surface area contributed by atoms with Crippen LogP contribution in [0.4, 0.5) is 5.69 Å². The molecule has 1 aliphatic rings. The Balaban J connectivity index is 2.34. The van der Waals surface area contributed by atoms with Gasteiger partial charge < -0.3 is 10.1 Å². The average Bonchev–Trinajstić information content (AvgIpc) is 2.27. The van der Waals surface area contributed by atoms with Crippen molar-refractivity contribution in [2.45, 2.75) is 13.8 Å². The van der Waals surface area contributed by atoms with Crippen molar-refractivity contribution < 1.29 is 4.74 Å². The van der Waals surface area contributed by atoms with E-state index in [9.17, 15) is 0 Å². The molecule has 2 nitrogen and oxygen atoms in total. The van der Waals surface area contributed by atoms with E-state index in [-0.39, 0.29) is 5.41 Å². The molecule has 0 spiro atoms. The average molecular weight is 256 g/mol. The summed E-state index contributed by atoms with van der Waals surface area (Å²) in [6.45, 7) is 6.08. The molecule has 1 heterocycles. The lowest BCUT2D eigenvalue weighted by Gasteiger charge is -2.20. The van der Waals surface area contributed by atoms with Crippen LogP contribution in [0, 0.1) is 5.41 Å². The van der Waals surface area contributed by atoms with Crippen molar-refractivity contribution in [3.63, 3.8) is 0 Å². The highest BCUT2D eigenvalue weighted by molar-refractivity contribution is 9.10. The fourth-order valence-corrected chi connectivity index (χ4v) is 1.94. The zero-order valence-electron chi connectivity index (χ0n) is 8.43. The Morgan fingerprint density at radius 1 is 1.43 bits per heavy atom. The molecule has 0 unspecified atom stereocenters. The molecule has 1 aromatic carbocycles. The second-order valence-electron chi connectivity index (χ2n) is 4.42. The number of halogens is 1. The molecule has 1 aromatic rings. The number of nitrogens with one attached hydrogen (secondary N) is 1. The Hall–Kier alpha value is -0.700. The van der Waals surface area contributed by atoms with Crippen LogP contribution in [0.15, 0.2) is 22.7 Å². The fraction of sp³-hybridized carbons (Fsp3) is 0.455. The molecule has 0 bridgehead atoms. The van der Waals surface area contributed by atoms with Gasteiger partial charge in [0.15, 0.2) is 0 Å². The summed E-state index contributed by atoms with van der Waals surface area (Å²) in [7, 11) is 0. The molecule has 76 valence electrons. The molecule has 0 atom stereocenters. The first-order valence-electron chi connectivity index (χ1n) is 4.74. The van der Waals surface area contributed by atoms with E-state index in [2.05, 4.69) is 35.1 Å². The zero-order valence-corrected chi connectivity index (χ0v) is 10.0. The maximum Gasteiger partial charge on any atom is 0.143 e. The number of anilines is 1. The molecule has 0 amide bonds. The molecule has 3 heteroatoms. The second kappa shape index (κ2) is 3.46. The summed E-state index contributed by atoms with van der Waals surface area (Å²) >= 11 is 3.51. The van der Waals surface area contributed by atoms with Crippen LogP contribution in [0.3, 0.4) is 0 Å². The van der Waals surface area contributed by atoms with E-state index in [0.717, 1.165) is 29.1 Å². The van der Waals surface area contributed by atoms with Crippen LogP contribution >= 0.6 is 15.9 Å². The monoisotopic (exact) mass is 255 g/mol. The summed E-state index contributed by atoms with van der Waals surface area (Å²) in [6, 6.07) is 6.00. The Bertz CT molecular complexity index is 349. The van der Waals surface area contributed by atoms with Crippen LogP contribution in [-0.2, 0) is 0 Å². The van der Waals surface area contributed by atoms with Crippen molar-refractivity contribution in [3.8, 4) is 5.75 Å². The lowest BCUT2D eigenvalue weighted by molar-refractivity contribution is 0.200. The van der Waals surface area contributed by atoms with Crippen molar-refractivity contribution in [1.82, 2.24) is 0 Å². The van der Waals surface area contributed by atoms with Gasteiger partial charge in [0, 0.05) is 16.4 Å². The van der Waals surface area contributed by atoms with E-state index in [1.807, 2.05) is 18.2 Å². The van der Waals surface area contributed by atoms with Crippen molar-refractivity contribution in [2.24, 2.45) is 5.41 Å². The third kappa shape index (κ3) is 1.87. The second-order valence-corrected chi connectivity index (χ2v) is 5.27. The molecular weight excluding hydrogens is 242 g/mol. The normalized spacial score (nSPS) is 18.8. The lowest BCUT2D eigenvalue weighted by atomic mass is 9.95. The molecule has 1 aliphatic heterocycles. The van der Waals surface area contributed by atoms with Crippen molar-refractivity contribution >= 4 is 21.6 Å². The van der Waals surface area contributed by atoms with Crippen LogP contribution in [0.5, 0.6) is 5.75 Å². The van der Waals surface area contributed by atoms with Gasteiger partial charge in [-0.3, -0.25) is 0 Å². The first-order valence-corrected chi connectivity index (χ1v) is 5.53. The maximum absolute atomic E-state index is 5.75. The topological polar surface area (TPSA) is 21.3 Å². The number of hydrogen-bond donors (Lipinski definition) is 1. The molecule has 1 N–H and O–H groups in total. The van der Waals surface area contributed by atoms with Gasteiger partial charge in [-0.1, -0.05) is 19.9 Å². The quantitative estimate of drug-likeness (QED) is 0.769. The highest BCUT2D eigenvalue weighted by Gasteiger charge is 2.24. The van der Waals surface area contributed by atoms with Gasteiger partial charge in [-0.2, -0.15) is 0 Å². The van der Waals surface area contributed by atoms with E-state index in [0.29, 0.717) is 0 Å². The Kier molecular flexibility index (Phi) is 2.43. The zero-order chi connectivity index (χ0) is 10.2. The molecule has 0 saturated carbocycles. The maximum atomic E-state index is 5.75. The summed E-state index contributed by atoms with van der Waals surface area (Å²) in [5.74, 6) is 0.935. The smallest absolute Gasteiger partial charge is 0.143 e. The minimum atomic E-state index is 0.179. The standard InChI is InChI=1S/C11H14BrNO/c1-11(2)6-13-10-8(12)4-3-5-9(10)14-7-11/h3-5,13H,6-7H2,1-2H3. The van der Waals surface area contributed by atoms with Crippen LogP contribution in [0.1, 0.15) is 13.8 Å². The Morgan fingerprint density at radius 2 is 2.21 bits per heavy atom. The minimum Gasteiger partial charge on any atom is -0.491 e. The van der Waals surface area contributed by atoms with Gasteiger partial charge >= 0.3 is 0 Å².